The van der Waals surface area contributed by atoms with Gasteiger partial charge >= 0.3 is 5.97 Å². The Bertz CT molecular complexity index is 887. The van der Waals surface area contributed by atoms with E-state index in [1.807, 2.05) is 37.3 Å². The van der Waals surface area contributed by atoms with Gasteiger partial charge in [-0.05, 0) is 52.0 Å². The Morgan fingerprint density at radius 2 is 1.46 bits per heavy atom. The van der Waals surface area contributed by atoms with Gasteiger partial charge in [0, 0.05) is 0 Å². The molecule has 2 aromatic rings. The third kappa shape index (κ3) is 4.64. The second kappa shape index (κ2) is 7.46. The molecule has 0 aliphatic carbocycles. The predicted octanol–water partition coefficient (Wildman–Crippen LogP) is 5.98. The van der Waals surface area contributed by atoms with E-state index in [9.17, 15) is 15.0 Å². The molecule has 3 nitrogen and oxygen atoms in total. The lowest BCUT2D eigenvalue weighted by molar-refractivity contribution is -0.130. The van der Waals surface area contributed by atoms with E-state index in [0.717, 1.165) is 27.8 Å². The summed E-state index contributed by atoms with van der Waals surface area (Å²) in [6, 6.07) is 9.84. The van der Waals surface area contributed by atoms with E-state index in [2.05, 4.69) is 48.1 Å². The van der Waals surface area contributed by atoms with Crippen LogP contribution in [-0.2, 0) is 22.0 Å². The van der Waals surface area contributed by atoms with Crippen LogP contribution < -0.4 is 0 Å². The zero-order valence-electron chi connectivity index (χ0n) is 18.1. The lowest BCUT2D eigenvalue weighted by atomic mass is 9.77. The number of phenols is 1. The first-order valence-corrected chi connectivity index (χ1v) is 9.60. The highest BCUT2D eigenvalue weighted by Crippen LogP contribution is 2.40. The van der Waals surface area contributed by atoms with Gasteiger partial charge in [0.2, 0.25) is 0 Å². The van der Waals surface area contributed by atoms with Gasteiger partial charge in [0.05, 0.1) is 5.57 Å². The van der Waals surface area contributed by atoms with Gasteiger partial charge in [-0.2, -0.15) is 0 Å². The number of aliphatic carboxylic acids is 1. The molecule has 0 aromatic heterocycles. The topological polar surface area (TPSA) is 57.5 Å². The van der Waals surface area contributed by atoms with Crippen LogP contribution in [0.3, 0.4) is 0 Å². The summed E-state index contributed by atoms with van der Waals surface area (Å²) in [5.74, 6) is -0.662. The van der Waals surface area contributed by atoms with Crippen molar-refractivity contribution in [1.29, 1.82) is 0 Å². The van der Waals surface area contributed by atoms with Crippen molar-refractivity contribution < 1.29 is 15.0 Å². The van der Waals surface area contributed by atoms with Crippen molar-refractivity contribution >= 4 is 11.5 Å². The lowest BCUT2D eigenvalue weighted by Crippen LogP contribution is -2.18. The van der Waals surface area contributed by atoms with Crippen LogP contribution >= 0.6 is 0 Å². The molecule has 0 saturated heterocycles. The van der Waals surface area contributed by atoms with Gasteiger partial charge in [-0.1, -0.05) is 84.0 Å². The molecule has 0 heterocycles. The van der Waals surface area contributed by atoms with Crippen molar-refractivity contribution in [2.24, 2.45) is 0 Å². The first kappa shape index (κ1) is 21.7. The maximum Gasteiger partial charge on any atom is 0.335 e. The Balaban J connectivity index is 2.66. The van der Waals surface area contributed by atoms with Crippen LogP contribution in [-0.4, -0.2) is 16.2 Å². The molecule has 2 rings (SSSR count). The Morgan fingerprint density at radius 1 is 0.964 bits per heavy atom. The first-order valence-electron chi connectivity index (χ1n) is 9.60. The van der Waals surface area contributed by atoms with Crippen LogP contribution in [0.5, 0.6) is 5.75 Å². The number of aromatic hydroxyl groups is 1. The fourth-order valence-electron chi connectivity index (χ4n) is 3.44. The van der Waals surface area contributed by atoms with Gasteiger partial charge in [0.1, 0.15) is 5.75 Å². The fraction of sp³-hybridized carbons (Fsp3) is 0.400. The molecule has 0 bridgehead atoms. The van der Waals surface area contributed by atoms with Crippen molar-refractivity contribution in [3.8, 4) is 5.75 Å². The number of hydrogen-bond acceptors (Lipinski definition) is 2. The van der Waals surface area contributed by atoms with Crippen LogP contribution in [0, 0.1) is 6.92 Å². The summed E-state index contributed by atoms with van der Waals surface area (Å²) in [6.45, 7) is 18.3. The second-order valence-electron chi connectivity index (χ2n) is 9.66. The Morgan fingerprint density at radius 3 is 1.89 bits per heavy atom. The van der Waals surface area contributed by atoms with E-state index in [4.69, 9.17) is 0 Å². The molecule has 2 N–H and O–H groups in total. The maximum atomic E-state index is 11.5. The average Bonchev–Trinajstić information content (AvgIpc) is 2.53. The number of rotatable bonds is 4. The highest BCUT2D eigenvalue weighted by atomic mass is 16.4. The molecule has 28 heavy (non-hydrogen) atoms. The summed E-state index contributed by atoms with van der Waals surface area (Å²) in [4.78, 5) is 11.5. The highest BCUT2D eigenvalue weighted by molar-refractivity contribution is 6.14. The summed E-state index contributed by atoms with van der Waals surface area (Å²) in [5.41, 5.74) is 5.20. The van der Waals surface area contributed by atoms with Gasteiger partial charge < -0.3 is 10.2 Å². The van der Waals surface area contributed by atoms with Crippen LogP contribution in [0.1, 0.15) is 74.9 Å². The third-order valence-corrected chi connectivity index (χ3v) is 5.02. The van der Waals surface area contributed by atoms with Gasteiger partial charge in [-0.25, -0.2) is 4.79 Å². The molecule has 3 heteroatoms. The minimum absolute atomic E-state index is 0.0980. The molecule has 0 spiro atoms. The minimum Gasteiger partial charge on any atom is -0.507 e. The predicted molar refractivity (Wildman–Crippen MR) is 116 cm³/mol. The number of aryl methyl sites for hydroxylation is 1. The van der Waals surface area contributed by atoms with Crippen LogP contribution in [0.2, 0.25) is 0 Å². The monoisotopic (exact) mass is 380 g/mol. The molecule has 0 aliphatic heterocycles. The fourth-order valence-corrected chi connectivity index (χ4v) is 3.44. The first-order chi connectivity index (χ1) is 12.7. The van der Waals surface area contributed by atoms with Crippen LogP contribution in [0.4, 0.5) is 0 Å². The Kier molecular flexibility index (Phi) is 5.79. The number of carboxylic acid groups (broad SMARTS) is 1. The minimum atomic E-state index is -1.01. The van der Waals surface area contributed by atoms with Gasteiger partial charge in [-0.3, -0.25) is 0 Å². The molecule has 0 fully saturated rings. The largest absolute Gasteiger partial charge is 0.507 e. The molecular weight excluding hydrogens is 348 g/mol. The van der Waals surface area contributed by atoms with Crippen LogP contribution in [0.25, 0.3) is 5.57 Å². The molecule has 0 amide bonds. The standard InChI is InChI=1S/C25H32O3/c1-15-9-10-19(16(2)23(27)28)18(11-15)12-17-13-20(24(3,4)5)22(26)21(14-17)25(6,7)8/h9-11,13-14,26H,2,12H2,1,3-8H3,(H,27,28). The van der Waals surface area contributed by atoms with E-state index >= 15 is 0 Å². The van der Waals surface area contributed by atoms with E-state index in [1.165, 1.54) is 0 Å². The van der Waals surface area contributed by atoms with Crippen molar-refractivity contribution in [2.75, 3.05) is 0 Å². The van der Waals surface area contributed by atoms with E-state index in [1.54, 1.807) is 0 Å². The SMILES string of the molecule is C=C(C(=O)O)c1ccc(C)cc1Cc1cc(C(C)(C)C)c(O)c(C(C)(C)C)c1. The molecule has 0 atom stereocenters. The molecule has 150 valence electrons. The van der Waals surface area contributed by atoms with Gasteiger partial charge in [0.25, 0.3) is 0 Å². The summed E-state index contributed by atoms with van der Waals surface area (Å²) in [5, 5.41) is 20.3. The van der Waals surface area contributed by atoms with Gasteiger partial charge in [-0.15, -0.1) is 0 Å². The Labute approximate surface area is 168 Å². The van der Waals surface area contributed by atoms with E-state index < -0.39 is 5.97 Å². The van der Waals surface area contributed by atoms with E-state index in [0.29, 0.717) is 17.7 Å². The van der Waals surface area contributed by atoms with Crippen molar-refractivity contribution in [2.45, 2.75) is 65.7 Å². The normalized spacial score (nSPS) is 12.1. The Hall–Kier alpha value is -2.55. The van der Waals surface area contributed by atoms with Crippen molar-refractivity contribution in [3.63, 3.8) is 0 Å². The summed E-state index contributed by atoms with van der Waals surface area (Å²) in [6.07, 6.45) is 0.579. The van der Waals surface area contributed by atoms with E-state index in [-0.39, 0.29) is 16.4 Å². The smallest absolute Gasteiger partial charge is 0.335 e. The highest BCUT2D eigenvalue weighted by Gasteiger charge is 2.26. The number of phenolic OH excluding ortho intramolecular Hbond substituents is 1. The van der Waals surface area contributed by atoms with Crippen molar-refractivity contribution in [1.82, 2.24) is 0 Å². The molecule has 0 aliphatic rings. The molecule has 0 unspecified atom stereocenters. The zero-order valence-corrected chi connectivity index (χ0v) is 18.1. The lowest BCUT2D eigenvalue weighted by Gasteiger charge is -2.28. The number of benzene rings is 2. The summed E-state index contributed by atoms with van der Waals surface area (Å²) < 4.78 is 0. The van der Waals surface area contributed by atoms with Gasteiger partial charge in [0.15, 0.2) is 0 Å². The number of hydrogen-bond donors (Lipinski definition) is 2. The third-order valence-electron chi connectivity index (χ3n) is 5.02. The average molecular weight is 381 g/mol. The zero-order chi connectivity index (χ0) is 21.4. The van der Waals surface area contributed by atoms with Crippen molar-refractivity contribution in [3.05, 3.63) is 70.3 Å². The summed E-state index contributed by atoms with van der Waals surface area (Å²) >= 11 is 0. The second-order valence-corrected chi connectivity index (χ2v) is 9.66. The quantitative estimate of drug-likeness (QED) is 0.641. The molecule has 0 saturated carbocycles. The molecular formula is C25H32O3. The number of carboxylic acids is 1. The maximum absolute atomic E-state index is 11.5. The molecule has 0 radical (unpaired) electrons. The summed E-state index contributed by atoms with van der Waals surface area (Å²) in [7, 11) is 0. The molecule has 2 aromatic carbocycles. The number of carbonyl (C=O) groups is 1. The van der Waals surface area contributed by atoms with Crippen LogP contribution in [0.15, 0.2) is 36.9 Å².